The highest BCUT2D eigenvalue weighted by molar-refractivity contribution is 5.89. The van der Waals surface area contributed by atoms with Crippen molar-refractivity contribution < 1.29 is 19.1 Å². The van der Waals surface area contributed by atoms with Crippen LogP contribution in [-0.4, -0.2) is 103 Å². The molecule has 25 heavy (non-hydrogen) atoms. The first-order chi connectivity index (χ1) is 12.1. The van der Waals surface area contributed by atoms with E-state index in [1.165, 1.54) is 0 Å². The first kappa shape index (κ1) is 16.6. The number of ether oxygens (including phenoxy) is 1. The smallest absolute Gasteiger partial charge is 0.320 e. The number of carbonyl (C=O) groups is 3. The summed E-state index contributed by atoms with van der Waals surface area (Å²) in [4.78, 5) is 44.6. The van der Waals surface area contributed by atoms with E-state index in [1.54, 1.807) is 0 Å². The van der Waals surface area contributed by atoms with Crippen molar-refractivity contribution in [1.29, 1.82) is 0 Å². The summed E-state index contributed by atoms with van der Waals surface area (Å²) in [5.74, 6) is 0.00606. The topological polar surface area (TPSA) is 73.4 Å². The first-order valence-electron chi connectivity index (χ1n) is 9.33. The fourth-order valence-electron chi connectivity index (χ4n) is 3.97. The molecule has 1 aliphatic carbocycles. The Labute approximate surface area is 147 Å². The predicted molar refractivity (Wildman–Crippen MR) is 88.8 cm³/mol. The summed E-state index contributed by atoms with van der Waals surface area (Å²) in [7, 11) is 0. The van der Waals surface area contributed by atoms with Gasteiger partial charge in [-0.15, -0.1) is 0 Å². The number of hydrogen-bond donors (Lipinski definition) is 0. The van der Waals surface area contributed by atoms with Crippen molar-refractivity contribution in [2.24, 2.45) is 5.92 Å². The highest BCUT2D eigenvalue weighted by Crippen LogP contribution is 2.33. The highest BCUT2D eigenvalue weighted by Gasteiger charge is 2.43. The maximum absolute atomic E-state index is 12.7. The van der Waals surface area contributed by atoms with Crippen molar-refractivity contribution in [3.63, 3.8) is 0 Å². The van der Waals surface area contributed by atoms with E-state index in [2.05, 4.69) is 0 Å². The zero-order chi connectivity index (χ0) is 17.4. The number of hydrogen-bond acceptors (Lipinski definition) is 4. The van der Waals surface area contributed by atoms with E-state index in [4.69, 9.17) is 4.74 Å². The average molecular weight is 350 g/mol. The molecule has 4 fully saturated rings. The maximum Gasteiger partial charge on any atom is 0.320 e. The second-order valence-corrected chi connectivity index (χ2v) is 7.37. The summed E-state index contributed by atoms with van der Waals surface area (Å²) in [5, 5.41) is 0. The molecule has 1 unspecified atom stereocenters. The molecule has 0 aromatic rings. The molecule has 0 aromatic heterocycles. The third-order valence-electron chi connectivity index (χ3n) is 5.64. The standard InChI is InChI=1S/C17H26N4O4/c22-15-11-13(12-21(15)14-1-2-14)16(23)18-3-5-19(6-4-18)17(24)20-7-9-25-10-8-20/h13-14H,1-12H2. The molecule has 1 atom stereocenters. The maximum atomic E-state index is 12.7. The number of rotatable bonds is 2. The SMILES string of the molecule is O=C(C1CC(=O)N(C2CC2)C1)N1CCN(C(=O)N2CCOCC2)CC1. The Morgan fingerprint density at radius 2 is 1.48 bits per heavy atom. The minimum Gasteiger partial charge on any atom is -0.378 e. The quantitative estimate of drug-likeness (QED) is 0.679. The lowest BCUT2D eigenvalue weighted by atomic mass is 10.1. The lowest BCUT2D eigenvalue weighted by Gasteiger charge is -2.39. The normalized spacial score (nSPS) is 27.8. The van der Waals surface area contributed by atoms with Crippen LogP contribution in [0.2, 0.25) is 0 Å². The van der Waals surface area contributed by atoms with Gasteiger partial charge in [-0.05, 0) is 12.8 Å². The van der Waals surface area contributed by atoms with Crippen LogP contribution in [0, 0.1) is 5.92 Å². The molecule has 0 bridgehead atoms. The summed E-state index contributed by atoms with van der Waals surface area (Å²) in [5.41, 5.74) is 0. The number of piperazine rings is 1. The van der Waals surface area contributed by atoms with E-state index >= 15 is 0 Å². The van der Waals surface area contributed by atoms with Gasteiger partial charge in [0.25, 0.3) is 0 Å². The van der Waals surface area contributed by atoms with Crippen LogP contribution in [0.5, 0.6) is 0 Å². The van der Waals surface area contributed by atoms with E-state index in [0.29, 0.717) is 71.5 Å². The largest absolute Gasteiger partial charge is 0.378 e. The molecule has 138 valence electrons. The minimum absolute atomic E-state index is 0.0475. The summed E-state index contributed by atoms with van der Waals surface area (Å²) >= 11 is 0. The van der Waals surface area contributed by atoms with Gasteiger partial charge in [0, 0.05) is 58.3 Å². The Kier molecular flexibility index (Phi) is 4.54. The van der Waals surface area contributed by atoms with Gasteiger partial charge in [-0.25, -0.2) is 4.79 Å². The van der Waals surface area contributed by atoms with Crippen molar-refractivity contribution >= 4 is 17.8 Å². The number of nitrogens with zero attached hydrogens (tertiary/aromatic N) is 4. The molecule has 0 radical (unpaired) electrons. The number of amides is 4. The van der Waals surface area contributed by atoms with E-state index < -0.39 is 0 Å². The molecule has 3 heterocycles. The minimum atomic E-state index is -0.199. The zero-order valence-corrected chi connectivity index (χ0v) is 14.6. The van der Waals surface area contributed by atoms with Crippen molar-refractivity contribution in [3.05, 3.63) is 0 Å². The van der Waals surface area contributed by atoms with Gasteiger partial charge in [0.1, 0.15) is 0 Å². The van der Waals surface area contributed by atoms with Crippen molar-refractivity contribution in [2.45, 2.75) is 25.3 Å². The van der Waals surface area contributed by atoms with Crippen molar-refractivity contribution in [2.75, 3.05) is 59.0 Å². The van der Waals surface area contributed by atoms with Gasteiger partial charge >= 0.3 is 6.03 Å². The van der Waals surface area contributed by atoms with Gasteiger partial charge < -0.3 is 24.3 Å². The van der Waals surface area contributed by atoms with E-state index in [1.807, 2.05) is 19.6 Å². The lowest BCUT2D eigenvalue weighted by Crippen LogP contribution is -2.56. The fourth-order valence-corrected chi connectivity index (χ4v) is 3.97. The van der Waals surface area contributed by atoms with Crippen molar-refractivity contribution in [3.8, 4) is 0 Å². The molecule has 8 heteroatoms. The summed E-state index contributed by atoms with van der Waals surface area (Å²) in [6, 6.07) is 0.430. The van der Waals surface area contributed by atoms with E-state index in [9.17, 15) is 14.4 Å². The number of likely N-dealkylation sites (tertiary alicyclic amines) is 1. The second kappa shape index (κ2) is 6.82. The van der Waals surface area contributed by atoms with Crippen LogP contribution in [0.3, 0.4) is 0 Å². The van der Waals surface area contributed by atoms with E-state index in [0.717, 1.165) is 12.8 Å². The lowest BCUT2D eigenvalue weighted by molar-refractivity contribution is -0.137. The molecule has 8 nitrogen and oxygen atoms in total. The molecule has 0 aromatic carbocycles. The molecular weight excluding hydrogens is 324 g/mol. The third-order valence-corrected chi connectivity index (χ3v) is 5.64. The van der Waals surface area contributed by atoms with E-state index in [-0.39, 0.29) is 23.8 Å². The number of urea groups is 1. The van der Waals surface area contributed by atoms with Crippen LogP contribution in [0.15, 0.2) is 0 Å². The molecule has 3 aliphatic heterocycles. The van der Waals surface area contributed by atoms with Gasteiger partial charge in [-0.1, -0.05) is 0 Å². The van der Waals surface area contributed by atoms with Crippen LogP contribution in [0.1, 0.15) is 19.3 Å². The van der Waals surface area contributed by atoms with Crippen molar-refractivity contribution in [1.82, 2.24) is 19.6 Å². The van der Waals surface area contributed by atoms with Crippen LogP contribution in [-0.2, 0) is 14.3 Å². The Morgan fingerprint density at radius 1 is 0.880 bits per heavy atom. The fraction of sp³-hybridized carbons (Fsp3) is 0.824. The molecule has 4 amide bonds. The Bertz CT molecular complexity index is 551. The summed E-state index contributed by atoms with van der Waals surface area (Å²) in [6.45, 7) is 5.29. The number of carbonyl (C=O) groups excluding carboxylic acids is 3. The van der Waals surface area contributed by atoms with Crippen LogP contribution in [0.4, 0.5) is 4.79 Å². The average Bonchev–Trinajstić information content (AvgIpc) is 3.43. The molecule has 3 saturated heterocycles. The Hall–Kier alpha value is -1.83. The summed E-state index contributed by atoms with van der Waals surface area (Å²) < 4.78 is 5.28. The first-order valence-corrected chi connectivity index (χ1v) is 9.33. The second-order valence-electron chi connectivity index (χ2n) is 7.37. The monoisotopic (exact) mass is 350 g/mol. The van der Waals surface area contributed by atoms with Crippen LogP contribution < -0.4 is 0 Å². The van der Waals surface area contributed by atoms with Crippen LogP contribution >= 0.6 is 0 Å². The number of morpholine rings is 1. The van der Waals surface area contributed by atoms with Gasteiger partial charge in [0.2, 0.25) is 11.8 Å². The molecule has 0 spiro atoms. The zero-order valence-electron chi connectivity index (χ0n) is 14.6. The third kappa shape index (κ3) is 3.44. The van der Waals surface area contributed by atoms with Gasteiger partial charge in [-0.2, -0.15) is 0 Å². The summed E-state index contributed by atoms with van der Waals surface area (Å²) in [6.07, 6.45) is 2.51. The molecule has 4 rings (SSSR count). The molecular formula is C17H26N4O4. The van der Waals surface area contributed by atoms with Gasteiger partial charge in [-0.3, -0.25) is 9.59 Å². The molecule has 0 N–H and O–H groups in total. The highest BCUT2D eigenvalue weighted by atomic mass is 16.5. The molecule has 1 saturated carbocycles. The predicted octanol–water partition coefficient (Wildman–Crippen LogP) is -0.406. The Balaban J connectivity index is 1.27. The van der Waals surface area contributed by atoms with Gasteiger partial charge in [0.15, 0.2) is 0 Å². The molecule has 4 aliphatic rings. The van der Waals surface area contributed by atoms with Gasteiger partial charge in [0.05, 0.1) is 19.1 Å². The Morgan fingerprint density at radius 3 is 2.12 bits per heavy atom. The van der Waals surface area contributed by atoms with Crippen LogP contribution in [0.25, 0.3) is 0 Å².